The third-order valence-electron chi connectivity index (χ3n) is 4.19. The number of carbonyl (C=O) groups excluding carboxylic acids is 1. The smallest absolute Gasteiger partial charge is 0.272 e. The molecular weight excluding hydrogens is 340 g/mol. The molecule has 138 valence electrons. The second kappa shape index (κ2) is 8.80. The van der Waals surface area contributed by atoms with Gasteiger partial charge in [0.1, 0.15) is 5.75 Å². The van der Waals surface area contributed by atoms with Crippen molar-refractivity contribution >= 4 is 17.4 Å². The van der Waals surface area contributed by atoms with Crippen molar-refractivity contribution < 1.29 is 9.53 Å². The molecule has 0 spiro atoms. The lowest BCUT2D eigenvalue weighted by Crippen LogP contribution is -2.24. The summed E-state index contributed by atoms with van der Waals surface area (Å²) in [7, 11) is 1.61. The van der Waals surface area contributed by atoms with Gasteiger partial charge in [0.2, 0.25) is 0 Å². The number of nitrogens with one attached hydrogen (secondary N) is 2. The van der Waals surface area contributed by atoms with Gasteiger partial charge in [-0.25, -0.2) is 0 Å². The van der Waals surface area contributed by atoms with E-state index in [1.165, 1.54) is 5.56 Å². The minimum atomic E-state index is -0.283. The van der Waals surface area contributed by atoms with Crippen molar-refractivity contribution in [2.45, 2.75) is 19.9 Å². The average Bonchev–Trinajstić information content (AvgIpc) is 2.73. The molecule has 0 atom stereocenters. The Morgan fingerprint density at radius 3 is 2.41 bits per heavy atom. The summed E-state index contributed by atoms with van der Waals surface area (Å²) < 4.78 is 5.29. The molecule has 27 heavy (non-hydrogen) atoms. The molecule has 3 aromatic rings. The highest BCUT2D eigenvalue weighted by molar-refractivity contribution is 5.92. The number of nitrogens with zero attached hydrogens (tertiary/aromatic N) is 2. The predicted octanol–water partition coefficient (Wildman–Crippen LogP) is 3.72. The second-order valence-electron chi connectivity index (χ2n) is 5.93. The molecule has 0 saturated heterocycles. The van der Waals surface area contributed by atoms with Crippen molar-refractivity contribution in [3.63, 3.8) is 0 Å². The topological polar surface area (TPSA) is 76.1 Å². The maximum absolute atomic E-state index is 12.3. The summed E-state index contributed by atoms with van der Waals surface area (Å²) in [5.41, 5.74) is 3.34. The first kappa shape index (κ1) is 18.4. The van der Waals surface area contributed by atoms with Crippen LogP contribution in [0.4, 0.5) is 11.5 Å². The van der Waals surface area contributed by atoms with Gasteiger partial charge in [0, 0.05) is 17.8 Å². The van der Waals surface area contributed by atoms with E-state index in [-0.39, 0.29) is 11.6 Å². The molecule has 0 aliphatic heterocycles. The first-order valence-corrected chi connectivity index (χ1v) is 8.80. The molecule has 1 amide bonds. The first-order valence-electron chi connectivity index (χ1n) is 8.80. The minimum Gasteiger partial charge on any atom is -0.496 e. The summed E-state index contributed by atoms with van der Waals surface area (Å²) in [6.07, 6.45) is 0.917. The molecule has 6 heteroatoms. The van der Waals surface area contributed by atoms with Crippen LogP contribution in [0.15, 0.2) is 60.7 Å². The van der Waals surface area contributed by atoms with Crippen molar-refractivity contribution in [2.75, 3.05) is 12.4 Å². The fourth-order valence-corrected chi connectivity index (χ4v) is 2.72. The van der Waals surface area contributed by atoms with E-state index in [0.29, 0.717) is 12.4 Å². The fraction of sp³-hybridized carbons (Fsp3) is 0.190. The number of benzene rings is 2. The lowest BCUT2D eigenvalue weighted by atomic mass is 10.1. The molecule has 6 nitrogen and oxygen atoms in total. The van der Waals surface area contributed by atoms with Crippen LogP contribution < -0.4 is 15.4 Å². The van der Waals surface area contributed by atoms with Crippen molar-refractivity contribution in [1.29, 1.82) is 0 Å². The molecule has 3 rings (SSSR count). The van der Waals surface area contributed by atoms with Crippen LogP contribution in [0.5, 0.6) is 5.75 Å². The standard InChI is InChI=1S/C21H22N4O2/c1-3-15-8-4-6-10-17(15)23-20-13-12-18(24-25-20)21(26)22-14-16-9-5-7-11-19(16)27-2/h4-13H,3,14H2,1-2H3,(H,22,26)(H,23,25). The van der Waals surface area contributed by atoms with E-state index in [0.717, 1.165) is 23.4 Å². The van der Waals surface area contributed by atoms with E-state index in [4.69, 9.17) is 4.74 Å². The van der Waals surface area contributed by atoms with Gasteiger partial charge in [0.05, 0.1) is 7.11 Å². The Bertz CT molecular complexity index is 910. The number of anilines is 2. The number of aryl methyl sites for hydroxylation is 1. The third-order valence-corrected chi connectivity index (χ3v) is 4.19. The summed E-state index contributed by atoms with van der Waals surface area (Å²) in [6, 6.07) is 19.0. The molecule has 0 fully saturated rings. The van der Waals surface area contributed by atoms with Gasteiger partial charge < -0.3 is 15.4 Å². The highest BCUT2D eigenvalue weighted by atomic mass is 16.5. The van der Waals surface area contributed by atoms with Gasteiger partial charge in [-0.2, -0.15) is 0 Å². The van der Waals surface area contributed by atoms with E-state index < -0.39 is 0 Å². The zero-order chi connectivity index (χ0) is 19.1. The molecule has 2 N–H and O–H groups in total. The number of hydrogen-bond acceptors (Lipinski definition) is 5. The summed E-state index contributed by atoms with van der Waals surface area (Å²) in [5.74, 6) is 1.05. The first-order chi connectivity index (χ1) is 13.2. The Balaban J connectivity index is 1.63. The highest BCUT2D eigenvalue weighted by Crippen LogP contribution is 2.20. The molecule has 0 aliphatic rings. The summed E-state index contributed by atoms with van der Waals surface area (Å²) in [6.45, 7) is 2.45. The van der Waals surface area contributed by atoms with E-state index in [9.17, 15) is 4.79 Å². The van der Waals surface area contributed by atoms with E-state index >= 15 is 0 Å². The van der Waals surface area contributed by atoms with E-state index in [2.05, 4.69) is 33.8 Å². The summed E-state index contributed by atoms with van der Waals surface area (Å²) >= 11 is 0. The van der Waals surface area contributed by atoms with Gasteiger partial charge in [-0.3, -0.25) is 4.79 Å². The average molecular weight is 362 g/mol. The van der Waals surface area contributed by atoms with Crippen LogP contribution in [0.3, 0.4) is 0 Å². The zero-order valence-electron chi connectivity index (χ0n) is 15.4. The number of ether oxygens (including phenoxy) is 1. The molecule has 2 aromatic carbocycles. The Hall–Kier alpha value is -3.41. The van der Waals surface area contributed by atoms with Gasteiger partial charge in [-0.15, -0.1) is 10.2 Å². The Kier molecular flexibility index (Phi) is 5.99. The lowest BCUT2D eigenvalue weighted by molar-refractivity contribution is 0.0944. The van der Waals surface area contributed by atoms with Crippen LogP contribution in [0.1, 0.15) is 28.5 Å². The highest BCUT2D eigenvalue weighted by Gasteiger charge is 2.10. The van der Waals surface area contributed by atoms with Crippen LogP contribution >= 0.6 is 0 Å². The van der Waals surface area contributed by atoms with Gasteiger partial charge in [0.25, 0.3) is 5.91 Å². The number of aromatic nitrogens is 2. The Labute approximate surface area is 158 Å². The third kappa shape index (κ3) is 4.61. The van der Waals surface area contributed by atoms with Crippen LogP contribution in [-0.4, -0.2) is 23.2 Å². The zero-order valence-corrected chi connectivity index (χ0v) is 15.4. The molecular formula is C21H22N4O2. The molecule has 1 aromatic heterocycles. The largest absolute Gasteiger partial charge is 0.496 e. The van der Waals surface area contributed by atoms with Gasteiger partial charge in [-0.1, -0.05) is 43.3 Å². The Morgan fingerprint density at radius 2 is 1.70 bits per heavy atom. The Morgan fingerprint density at radius 1 is 0.963 bits per heavy atom. The van der Waals surface area contributed by atoms with E-state index in [1.54, 1.807) is 19.2 Å². The van der Waals surface area contributed by atoms with Crippen molar-refractivity contribution in [3.8, 4) is 5.75 Å². The fourth-order valence-electron chi connectivity index (χ4n) is 2.72. The molecule has 0 bridgehead atoms. The normalized spacial score (nSPS) is 10.3. The SMILES string of the molecule is CCc1ccccc1Nc1ccc(C(=O)NCc2ccccc2OC)nn1. The van der Waals surface area contributed by atoms with E-state index in [1.807, 2.05) is 42.5 Å². The number of carbonyl (C=O) groups is 1. The van der Waals surface area contributed by atoms with Crippen molar-refractivity contribution in [1.82, 2.24) is 15.5 Å². The number of para-hydroxylation sites is 2. The van der Waals surface area contributed by atoms with Gasteiger partial charge in [-0.05, 0) is 36.2 Å². The number of rotatable bonds is 7. The quantitative estimate of drug-likeness (QED) is 0.670. The lowest BCUT2D eigenvalue weighted by Gasteiger charge is -2.10. The minimum absolute atomic E-state index is 0.263. The van der Waals surface area contributed by atoms with Gasteiger partial charge >= 0.3 is 0 Å². The maximum atomic E-state index is 12.3. The second-order valence-corrected chi connectivity index (χ2v) is 5.93. The number of amides is 1. The summed E-state index contributed by atoms with van der Waals surface area (Å²) in [5, 5.41) is 14.2. The molecule has 0 unspecified atom stereocenters. The van der Waals surface area contributed by atoms with Crippen molar-refractivity contribution in [3.05, 3.63) is 77.5 Å². The van der Waals surface area contributed by atoms with Crippen molar-refractivity contribution in [2.24, 2.45) is 0 Å². The molecule has 0 aliphatic carbocycles. The summed E-state index contributed by atoms with van der Waals surface area (Å²) in [4.78, 5) is 12.3. The van der Waals surface area contributed by atoms with Crippen LogP contribution in [0.2, 0.25) is 0 Å². The predicted molar refractivity (Wildman–Crippen MR) is 105 cm³/mol. The van der Waals surface area contributed by atoms with Crippen LogP contribution in [0, 0.1) is 0 Å². The molecule has 0 saturated carbocycles. The van der Waals surface area contributed by atoms with Crippen LogP contribution in [0.25, 0.3) is 0 Å². The molecule has 1 heterocycles. The number of hydrogen-bond donors (Lipinski definition) is 2. The maximum Gasteiger partial charge on any atom is 0.272 e. The van der Waals surface area contributed by atoms with Gasteiger partial charge in [0.15, 0.2) is 11.5 Å². The number of methoxy groups -OCH3 is 1. The molecule has 0 radical (unpaired) electrons. The monoisotopic (exact) mass is 362 g/mol. The van der Waals surface area contributed by atoms with Crippen LogP contribution in [-0.2, 0) is 13.0 Å².